The molecule has 1 rings (SSSR count). The van der Waals surface area contributed by atoms with E-state index >= 15 is 0 Å². The fraction of sp³-hybridized carbons (Fsp3) is 0.333. The maximum atomic E-state index is 11.4. The smallest absolute Gasteiger partial charge is 0.338 e. The van der Waals surface area contributed by atoms with Gasteiger partial charge < -0.3 is 15.2 Å². The van der Waals surface area contributed by atoms with Gasteiger partial charge in [0, 0.05) is 6.61 Å². The maximum absolute atomic E-state index is 11.4. The van der Waals surface area contributed by atoms with Gasteiger partial charge in [-0.15, -0.1) is 0 Å². The van der Waals surface area contributed by atoms with E-state index in [-0.39, 0.29) is 18.1 Å². The molecule has 0 aromatic heterocycles. The molecule has 0 aliphatic carbocycles. The lowest BCUT2D eigenvalue weighted by Crippen LogP contribution is -2.20. The molecule has 5 nitrogen and oxygen atoms in total. The predicted octanol–water partition coefficient (Wildman–Crippen LogP) is 1.67. The number of anilines is 1. The maximum Gasteiger partial charge on any atom is 0.338 e. The highest BCUT2D eigenvalue weighted by Crippen LogP contribution is 2.19. The average Bonchev–Trinajstić information content (AvgIpc) is 2.25. The molecule has 0 bridgehead atoms. The Hall–Kier alpha value is -1.88. The summed E-state index contributed by atoms with van der Waals surface area (Å²) in [5.74, 6) is -1.42. The summed E-state index contributed by atoms with van der Waals surface area (Å²) < 4.78 is 4.94. The van der Waals surface area contributed by atoms with Crippen LogP contribution in [0.1, 0.15) is 22.8 Å². The first-order valence-electron chi connectivity index (χ1n) is 5.26. The van der Waals surface area contributed by atoms with Crippen LogP contribution in [0.5, 0.6) is 0 Å². The molecule has 0 atom stereocenters. The van der Waals surface area contributed by atoms with Crippen molar-refractivity contribution in [3.05, 3.63) is 29.3 Å². The third-order valence-corrected chi connectivity index (χ3v) is 2.20. The number of aryl methyl sites for hydroxylation is 1. The zero-order valence-corrected chi connectivity index (χ0v) is 9.82. The third kappa shape index (κ3) is 3.57. The van der Waals surface area contributed by atoms with E-state index in [0.717, 1.165) is 0 Å². The Morgan fingerprint density at radius 2 is 2.12 bits per heavy atom. The summed E-state index contributed by atoms with van der Waals surface area (Å²) in [6.07, 6.45) is 0. The number of hydrogen-bond donors (Lipinski definition) is 2. The van der Waals surface area contributed by atoms with Crippen molar-refractivity contribution < 1.29 is 19.4 Å². The first kappa shape index (κ1) is 13.2. The number of carbonyl (C=O) groups is 2. The van der Waals surface area contributed by atoms with Crippen molar-refractivity contribution in [1.29, 1.82) is 0 Å². The van der Waals surface area contributed by atoms with Crippen molar-refractivity contribution in [2.24, 2.45) is 0 Å². The van der Waals surface area contributed by atoms with Gasteiger partial charge in [-0.05, 0) is 25.5 Å². The van der Waals surface area contributed by atoms with Crippen LogP contribution in [0.15, 0.2) is 18.2 Å². The minimum Gasteiger partial charge on any atom is -0.478 e. The van der Waals surface area contributed by atoms with Gasteiger partial charge in [-0.25, -0.2) is 4.79 Å². The summed E-state index contributed by atoms with van der Waals surface area (Å²) in [4.78, 5) is 22.5. The second-order valence-corrected chi connectivity index (χ2v) is 3.49. The Bertz CT molecular complexity index is 429. The van der Waals surface area contributed by atoms with Crippen molar-refractivity contribution in [1.82, 2.24) is 0 Å². The molecular weight excluding hydrogens is 222 g/mol. The molecule has 92 valence electrons. The molecule has 0 spiro atoms. The zero-order valence-electron chi connectivity index (χ0n) is 9.82. The second-order valence-electron chi connectivity index (χ2n) is 3.49. The number of amides is 1. The number of aromatic carboxylic acids is 1. The first-order valence-corrected chi connectivity index (χ1v) is 5.26. The Morgan fingerprint density at radius 1 is 1.41 bits per heavy atom. The Kier molecular flexibility index (Phi) is 4.66. The molecular formula is C12H15NO4. The summed E-state index contributed by atoms with van der Waals surface area (Å²) in [6.45, 7) is 3.82. The number of rotatable bonds is 5. The number of hydrogen-bond acceptors (Lipinski definition) is 3. The predicted molar refractivity (Wildman–Crippen MR) is 63.3 cm³/mol. The van der Waals surface area contributed by atoms with Crippen molar-refractivity contribution in [2.45, 2.75) is 13.8 Å². The van der Waals surface area contributed by atoms with E-state index in [2.05, 4.69) is 5.32 Å². The zero-order chi connectivity index (χ0) is 12.8. The SMILES string of the molecule is CCOCC(=O)Nc1cccc(C)c1C(=O)O. The van der Waals surface area contributed by atoms with Crippen LogP contribution in [-0.4, -0.2) is 30.2 Å². The molecule has 0 radical (unpaired) electrons. The van der Waals surface area contributed by atoms with Gasteiger partial charge in [0.2, 0.25) is 5.91 Å². The molecule has 1 aromatic rings. The number of carboxylic acid groups (broad SMARTS) is 1. The molecule has 17 heavy (non-hydrogen) atoms. The minimum absolute atomic E-state index is 0.0799. The highest BCUT2D eigenvalue weighted by molar-refractivity contribution is 6.01. The van der Waals surface area contributed by atoms with Crippen LogP contribution in [0.25, 0.3) is 0 Å². The van der Waals surface area contributed by atoms with E-state index in [0.29, 0.717) is 17.9 Å². The number of benzene rings is 1. The highest BCUT2D eigenvalue weighted by Gasteiger charge is 2.14. The van der Waals surface area contributed by atoms with Gasteiger partial charge in [0.1, 0.15) is 6.61 Å². The van der Waals surface area contributed by atoms with Gasteiger partial charge in [0.15, 0.2) is 0 Å². The molecule has 2 N–H and O–H groups in total. The standard InChI is InChI=1S/C12H15NO4/c1-3-17-7-10(14)13-9-6-4-5-8(2)11(9)12(15)16/h4-6H,3,7H2,1-2H3,(H,13,14)(H,15,16). The van der Waals surface area contributed by atoms with E-state index < -0.39 is 5.97 Å². The summed E-state index contributed by atoms with van der Waals surface area (Å²) in [6, 6.07) is 4.93. The number of carboxylic acids is 1. The molecule has 0 heterocycles. The topological polar surface area (TPSA) is 75.6 Å². The van der Waals surface area contributed by atoms with Crippen LogP contribution in [-0.2, 0) is 9.53 Å². The van der Waals surface area contributed by atoms with Gasteiger partial charge in [-0.3, -0.25) is 4.79 Å². The van der Waals surface area contributed by atoms with Gasteiger partial charge >= 0.3 is 5.97 Å². The van der Waals surface area contributed by atoms with E-state index in [1.807, 2.05) is 0 Å². The van der Waals surface area contributed by atoms with E-state index in [9.17, 15) is 9.59 Å². The fourth-order valence-corrected chi connectivity index (χ4v) is 1.44. The Morgan fingerprint density at radius 3 is 2.71 bits per heavy atom. The molecule has 5 heteroatoms. The van der Waals surface area contributed by atoms with Crippen LogP contribution < -0.4 is 5.32 Å². The lowest BCUT2D eigenvalue weighted by molar-refractivity contribution is -0.120. The Labute approximate surface area is 99.4 Å². The first-order chi connectivity index (χ1) is 8.06. The van der Waals surface area contributed by atoms with Gasteiger partial charge in [-0.2, -0.15) is 0 Å². The quantitative estimate of drug-likeness (QED) is 0.816. The molecule has 0 aliphatic rings. The molecule has 0 fully saturated rings. The number of ether oxygens (including phenoxy) is 1. The Balaban J connectivity index is 2.87. The van der Waals surface area contributed by atoms with Crippen LogP contribution >= 0.6 is 0 Å². The van der Waals surface area contributed by atoms with Crippen LogP contribution in [0, 0.1) is 6.92 Å². The van der Waals surface area contributed by atoms with E-state index in [1.165, 1.54) is 0 Å². The number of nitrogens with one attached hydrogen (secondary N) is 1. The van der Waals surface area contributed by atoms with Crippen LogP contribution in [0.2, 0.25) is 0 Å². The summed E-state index contributed by atoms with van der Waals surface area (Å²) in [5, 5.41) is 11.6. The second kappa shape index (κ2) is 6.00. The molecule has 0 unspecified atom stereocenters. The van der Waals surface area contributed by atoms with E-state index in [1.54, 1.807) is 32.0 Å². The largest absolute Gasteiger partial charge is 0.478 e. The summed E-state index contributed by atoms with van der Waals surface area (Å²) in [7, 11) is 0. The lowest BCUT2D eigenvalue weighted by Gasteiger charge is -2.10. The van der Waals surface area contributed by atoms with Crippen LogP contribution in [0.3, 0.4) is 0 Å². The molecule has 0 aliphatic heterocycles. The summed E-state index contributed by atoms with van der Waals surface area (Å²) >= 11 is 0. The van der Waals surface area contributed by atoms with Gasteiger partial charge in [0.25, 0.3) is 0 Å². The third-order valence-electron chi connectivity index (χ3n) is 2.20. The lowest BCUT2D eigenvalue weighted by atomic mass is 10.1. The van der Waals surface area contributed by atoms with Crippen molar-refractivity contribution in [3.63, 3.8) is 0 Å². The fourth-order valence-electron chi connectivity index (χ4n) is 1.44. The molecule has 1 amide bonds. The van der Waals surface area contributed by atoms with E-state index in [4.69, 9.17) is 9.84 Å². The minimum atomic E-state index is -1.06. The molecule has 1 aromatic carbocycles. The van der Waals surface area contributed by atoms with Gasteiger partial charge in [0.05, 0.1) is 11.3 Å². The molecule has 0 saturated heterocycles. The van der Waals surface area contributed by atoms with Crippen molar-refractivity contribution >= 4 is 17.6 Å². The van der Waals surface area contributed by atoms with Crippen LogP contribution in [0.4, 0.5) is 5.69 Å². The summed E-state index contributed by atoms with van der Waals surface area (Å²) in [5.41, 5.74) is 1.01. The average molecular weight is 237 g/mol. The molecule has 0 saturated carbocycles. The highest BCUT2D eigenvalue weighted by atomic mass is 16.5. The van der Waals surface area contributed by atoms with Gasteiger partial charge in [-0.1, -0.05) is 12.1 Å². The normalized spacial score (nSPS) is 10.0. The van der Waals surface area contributed by atoms with Crippen molar-refractivity contribution in [2.75, 3.05) is 18.5 Å². The van der Waals surface area contributed by atoms with Crippen molar-refractivity contribution in [3.8, 4) is 0 Å². The number of carbonyl (C=O) groups excluding carboxylic acids is 1. The monoisotopic (exact) mass is 237 g/mol.